The van der Waals surface area contributed by atoms with Crippen molar-refractivity contribution in [3.63, 3.8) is 0 Å². The summed E-state index contributed by atoms with van der Waals surface area (Å²) in [6.07, 6.45) is 10.3. The fourth-order valence-electron chi connectivity index (χ4n) is 3.95. The molecule has 0 amide bonds. The smallest absolute Gasteiger partial charge is 0.101 e. The van der Waals surface area contributed by atoms with E-state index in [1.54, 1.807) is 12.3 Å². The van der Waals surface area contributed by atoms with Crippen molar-refractivity contribution in [2.45, 2.75) is 32.6 Å². The molecule has 0 unspecified atom stereocenters. The summed E-state index contributed by atoms with van der Waals surface area (Å²) < 4.78 is 0. The van der Waals surface area contributed by atoms with E-state index in [0.717, 1.165) is 55.7 Å². The SMILES string of the molecule is C=C1CCc2c1ccc(CCN(CCC)C/C(C=N)=C/Nc1cncc(C#N)c1)c2N. The van der Waals surface area contributed by atoms with Crippen LogP contribution in [-0.4, -0.2) is 35.7 Å². The third-order valence-electron chi connectivity index (χ3n) is 5.63. The molecule has 1 aromatic carbocycles. The summed E-state index contributed by atoms with van der Waals surface area (Å²) in [5, 5.41) is 20.0. The van der Waals surface area contributed by atoms with Gasteiger partial charge in [0.15, 0.2) is 0 Å². The Labute approximate surface area is 184 Å². The Kier molecular flexibility index (Phi) is 7.58. The number of allylic oxidation sites excluding steroid dienone is 1. The highest BCUT2D eigenvalue weighted by Gasteiger charge is 2.19. The minimum absolute atomic E-state index is 0.498. The van der Waals surface area contributed by atoms with E-state index in [1.807, 2.05) is 6.20 Å². The molecule has 1 aliphatic carbocycles. The number of hydrogen-bond acceptors (Lipinski definition) is 6. The number of nitriles is 1. The summed E-state index contributed by atoms with van der Waals surface area (Å²) in [7, 11) is 0. The monoisotopic (exact) mass is 414 g/mol. The number of nitrogens with one attached hydrogen (secondary N) is 2. The number of nitrogen functional groups attached to an aromatic ring is 1. The molecule has 0 saturated heterocycles. The van der Waals surface area contributed by atoms with E-state index in [0.29, 0.717) is 12.1 Å². The van der Waals surface area contributed by atoms with Gasteiger partial charge in [-0.25, -0.2) is 0 Å². The lowest BCUT2D eigenvalue weighted by molar-refractivity contribution is 0.304. The second-order valence-corrected chi connectivity index (χ2v) is 7.88. The molecule has 0 aliphatic heterocycles. The van der Waals surface area contributed by atoms with E-state index in [2.05, 4.69) is 46.9 Å². The first-order valence-corrected chi connectivity index (χ1v) is 10.7. The molecule has 0 bridgehead atoms. The van der Waals surface area contributed by atoms with Crippen LogP contribution in [0.25, 0.3) is 5.57 Å². The average Bonchev–Trinajstić information content (AvgIpc) is 3.17. The topological polar surface area (TPSA) is 102 Å². The standard InChI is InChI=1S/C25H30N6/c1-3-9-31(10-8-21-5-7-23-18(2)4-6-24(23)25(21)28)17-20(13-27)15-30-22-11-19(12-26)14-29-16-22/h5,7,11,13-16,27,30H,2-4,6,8-10,17,28H2,1H3/b20-15+,27-13?. The molecule has 0 fully saturated rings. The van der Waals surface area contributed by atoms with E-state index in [4.69, 9.17) is 16.4 Å². The quantitative estimate of drug-likeness (QED) is 0.395. The molecule has 6 heteroatoms. The van der Waals surface area contributed by atoms with Crippen molar-refractivity contribution in [2.24, 2.45) is 0 Å². The summed E-state index contributed by atoms with van der Waals surface area (Å²) in [5.74, 6) is 0. The average molecular weight is 415 g/mol. The highest BCUT2D eigenvalue weighted by atomic mass is 15.1. The number of aromatic nitrogens is 1. The van der Waals surface area contributed by atoms with Crippen molar-refractivity contribution in [1.29, 1.82) is 10.7 Å². The van der Waals surface area contributed by atoms with E-state index in [1.165, 1.54) is 34.7 Å². The highest BCUT2D eigenvalue weighted by molar-refractivity contribution is 5.77. The van der Waals surface area contributed by atoms with Gasteiger partial charge in [-0.05, 0) is 66.1 Å². The Balaban J connectivity index is 1.65. The van der Waals surface area contributed by atoms with Crippen molar-refractivity contribution in [3.05, 3.63) is 71.2 Å². The number of nitrogens with two attached hydrogens (primary N) is 1. The third-order valence-corrected chi connectivity index (χ3v) is 5.63. The van der Waals surface area contributed by atoms with Crippen LogP contribution in [0.5, 0.6) is 0 Å². The Morgan fingerprint density at radius 3 is 2.94 bits per heavy atom. The second-order valence-electron chi connectivity index (χ2n) is 7.88. The zero-order valence-electron chi connectivity index (χ0n) is 18.1. The van der Waals surface area contributed by atoms with Gasteiger partial charge in [-0.2, -0.15) is 5.26 Å². The van der Waals surface area contributed by atoms with Gasteiger partial charge in [0.05, 0.1) is 17.4 Å². The predicted octanol–water partition coefficient (Wildman–Crippen LogP) is 4.39. The number of fused-ring (bicyclic) bond motifs is 1. The van der Waals surface area contributed by atoms with Crippen LogP contribution < -0.4 is 11.1 Å². The minimum Gasteiger partial charge on any atom is -0.398 e. The number of nitrogens with zero attached hydrogens (tertiary/aromatic N) is 3. The summed E-state index contributed by atoms with van der Waals surface area (Å²) in [6.45, 7) is 8.78. The van der Waals surface area contributed by atoms with Crippen LogP contribution in [0.4, 0.5) is 11.4 Å². The summed E-state index contributed by atoms with van der Waals surface area (Å²) >= 11 is 0. The van der Waals surface area contributed by atoms with Crippen molar-refractivity contribution in [3.8, 4) is 6.07 Å². The Hall–Kier alpha value is -3.43. The van der Waals surface area contributed by atoms with Crippen molar-refractivity contribution < 1.29 is 0 Å². The molecular formula is C25H30N6. The van der Waals surface area contributed by atoms with Crippen LogP contribution in [0.2, 0.25) is 0 Å². The van der Waals surface area contributed by atoms with E-state index in [-0.39, 0.29) is 0 Å². The zero-order chi connectivity index (χ0) is 22.2. The van der Waals surface area contributed by atoms with E-state index in [9.17, 15) is 0 Å². The Morgan fingerprint density at radius 2 is 2.19 bits per heavy atom. The lowest BCUT2D eigenvalue weighted by Crippen LogP contribution is -2.30. The molecule has 0 saturated carbocycles. The number of hydrogen-bond donors (Lipinski definition) is 3. The summed E-state index contributed by atoms with van der Waals surface area (Å²) in [4.78, 5) is 6.39. The van der Waals surface area contributed by atoms with Crippen LogP contribution >= 0.6 is 0 Å². The normalized spacial score (nSPS) is 13.2. The van der Waals surface area contributed by atoms with E-state index >= 15 is 0 Å². The van der Waals surface area contributed by atoms with Gasteiger partial charge in [0.2, 0.25) is 0 Å². The molecule has 2 aromatic rings. The third kappa shape index (κ3) is 5.59. The van der Waals surface area contributed by atoms with Crippen LogP contribution in [0, 0.1) is 16.7 Å². The van der Waals surface area contributed by atoms with Crippen molar-refractivity contribution >= 4 is 23.2 Å². The first-order chi connectivity index (χ1) is 15.0. The first-order valence-electron chi connectivity index (χ1n) is 10.7. The summed E-state index contributed by atoms with van der Waals surface area (Å²) in [5.41, 5.74) is 14.3. The Bertz CT molecular complexity index is 1030. The van der Waals surface area contributed by atoms with Gasteiger partial charge in [-0.3, -0.25) is 9.88 Å². The van der Waals surface area contributed by atoms with Crippen molar-refractivity contribution in [1.82, 2.24) is 9.88 Å². The van der Waals surface area contributed by atoms with Gasteiger partial charge in [0.1, 0.15) is 6.07 Å². The van der Waals surface area contributed by atoms with Crippen LogP contribution in [0.3, 0.4) is 0 Å². The molecule has 0 spiro atoms. The zero-order valence-corrected chi connectivity index (χ0v) is 18.1. The molecule has 1 aromatic heterocycles. The fraction of sp³-hybridized carbons (Fsp3) is 0.320. The number of anilines is 2. The van der Waals surface area contributed by atoms with Crippen molar-refractivity contribution in [2.75, 3.05) is 30.7 Å². The molecule has 160 valence electrons. The summed E-state index contributed by atoms with van der Waals surface area (Å²) in [6, 6.07) is 8.12. The molecule has 3 rings (SSSR count). The van der Waals surface area contributed by atoms with Gasteiger partial charge in [-0.15, -0.1) is 0 Å². The predicted molar refractivity (Wildman–Crippen MR) is 128 cm³/mol. The molecule has 1 heterocycles. The molecule has 0 radical (unpaired) electrons. The van der Waals surface area contributed by atoms with Gasteiger partial charge < -0.3 is 16.5 Å². The maximum atomic E-state index is 9.01. The maximum Gasteiger partial charge on any atom is 0.101 e. The molecular weight excluding hydrogens is 384 g/mol. The molecule has 31 heavy (non-hydrogen) atoms. The number of benzene rings is 1. The number of pyridine rings is 1. The van der Waals surface area contributed by atoms with Crippen LogP contribution in [0.1, 0.15) is 42.0 Å². The first kappa shape index (κ1) is 22.3. The molecule has 4 N–H and O–H groups in total. The van der Waals surface area contributed by atoms with Gasteiger partial charge in [0.25, 0.3) is 0 Å². The maximum absolute atomic E-state index is 9.01. The molecule has 1 aliphatic rings. The second kappa shape index (κ2) is 10.6. The van der Waals surface area contributed by atoms with Crippen LogP contribution in [0.15, 0.2) is 48.9 Å². The fourth-order valence-corrected chi connectivity index (χ4v) is 3.95. The molecule has 0 atom stereocenters. The molecule has 6 nitrogen and oxygen atoms in total. The minimum atomic E-state index is 0.498. The van der Waals surface area contributed by atoms with Crippen LogP contribution in [-0.2, 0) is 12.8 Å². The Morgan fingerprint density at radius 1 is 1.35 bits per heavy atom. The van der Waals surface area contributed by atoms with Gasteiger partial charge in [-0.1, -0.05) is 25.6 Å². The van der Waals surface area contributed by atoms with E-state index < -0.39 is 0 Å². The highest BCUT2D eigenvalue weighted by Crippen LogP contribution is 2.36. The van der Waals surface area contributed by atoms with Gasteiger partial charge >= 0.3 is 0 Å². The van der Waals surface area contributed by atoms with Gasteiger partial charge in [0, 0.05) is 37.4 Å². The number of rotatable bonds is 10. The lowest BCUT2D eigenvalue weighted by Gasteiger charge is -2.23. The lowest BCUT2D eigenvalue weighted by atomic mass is 10.00. The largest absolute Gasteiger partial charge is 0.398 e.